The SMILES string of the molecule is Cc1c(Cl)ccc2c1NC(=O)C21C2C(=O)N(c3cc(Cl)cc(Cl)c3)C(=O)C2C2CCCN21. The van der Waals surface area contributed by atoms with E-state index in [4.69, 9.17) is 34.8 Å². The zero-order valence-corrected chi connectivity index (χ0v) is 19.3. The van der Waals surface area contributed by atoms with Crippen LogP contribution in [-0.2, 0) is 19.9 Å². The van der Waals surface area contributed by atoms with Crippen LogP contribution in [0.1, 0.15) is 24.0 Å². The van der Waals surface area contributed by atoms with Crippen LogP contribution in [0.15, 0.2) is 30.3 Å². The average molecular weight is 491 g/mol. The lowest BCUT2D eigenvalue weighted by atomic mass is 9.75. The van der Waals surface area contributed by atoms with Crippen molar-refractivity contribution in [1.29, 1.82) is 0 Å². The van der Waals surface area contributed by atoms with E-state index >= 15 is 0 Å². The Hall–Kier alpha value is -2.12. The van der Waals surface area contributed by atoms with Crippen molar-refractivity contribution in [1.82, 2.24) is 4.90 Å². The Kier molecular flexibility index (Phi) is 4.29. The zero-order chi connectivity index (χ0) is 22.5. The fourth-order valence-electron chi connectivity index (χ4n) is 6.31. The number of hydrogen-bond acceptors (Lipinski definition) is 4. The Morgan fingerprint density at radius 3 is 2.47 bits per heavy atom. The minimum atomic E-state index is -1.24. The van der Waals surface area contributed by atoms with Crippen LogP contribution in [0.2, 0.25) is 15.1 Å². The topological polar surface area (TPSA) is 69.7 Å². The van der Waals surface area contributed by atoms with Crippen LogP contribution in [0.25, 0.3) is 0 Å². The number of amides is 3. The van der Waals surface area contributed by atoms with Gasteiger partial charge >= 0.3 is 0 Å². The van der Waals surface area contributed by atoms with Crippen LogP contribution in [0.4, 0.5) is 11.4 Å². The van der Waals surface area contributed by atoms with Gasteiger partial charge < -0.3 is 5.32 Å². The Labute approximate surface area is 199 Å². The maximum Gasteiger partial charge on any atom is 0.250 e. The van der Waals surface area contributed by atoms with Crippen LogP contribution in [0, 0.1) is 18.8 Å². The molecular formula is C23H18Cl3N3O3. The Morgan fingerprint density at radius 1 is 1.03 bits per heavy atom. The minimum absolute atomic E-state index is 0.191. The van der Waals surface area contributed by atoms with E-state index in [-0.39, 0.29) is 17.9 Å². The third-order valence-corrected chi connectivity index (χ3v) is 8.31. The van der Waals surface area contributed by atoms with Crippen molar-refractivity contribution < 1.29 is 14.4 Å². The molecule has 2 aromatic rings. The number of nitrogens with one attached hydrogen (secondary N) is 1. The summed E-state index contributed by atoms with van der Waals surface area (Å²) in [4.78, 5) is 44.5. The van der Waals surface area contributed by atoms with E-state index in [2.05, 4.69) is 10.2 Å². The number of hydrogen-bond donors (Lipinski definition) is 1. The second-order valence-corrected chi connectivity index (χ2v) is 10.1. The van der Waals surface area contributed by atoms with E-state index in [1.807, 2.05) is 13.0 Å². The summed E-state index contributed by atoms with van der Waals surface area (Å²) < 4.78 is 0. The zero-order valence-electron chi connectivity index (χ0n) is 17.0. The molecule has 3 amide bonds. The van der Waals surface area contributed by atoms with Crippen molar-refractivity contribution in [2.24, 2.45) is 11.8 Å². The first-order chi connectivity index (χ1) is 15.3. The van der Waals surface area contributed by atoms with Crippen molar-refractivity contribution in [2.45, 2.75) is 31.3 Å². The summed E-state index contributed by atoms with van der Waals surface area (Å²) in [6.45, 7) is 2.49. The molecule has 0 saturated carbocycles. The predicted octanol–water partition coefficient (Wildman–Crippen LogP) is 4.39. The van der Waals surface area contributed by atoms with E-state index in [1.54, 1.807) is 24.3 Å². The van der Waals surface area contributed by atoms with Gasteiger partial charge in [-0.05, 0) is 56.1 Å². The molecule has 4 unspecified atom stereocenters. The number of halogens is 3. The number of benzene rings is 2. The second-order valence-electron chi connectivity index (χ2n) is 8.86. The molecule has 0 aromatic heterocycles. The molecule has 4 atom stereocenters. The third kappa shape index (κ3) is 2.34. The first-order valence-corrected chi connectivity index (χ1v) is 11.6. The van der Waals surface area contributed by atoms with Gasteiger partial charge in [-0.1, -0.05) is 40.9 Å². The number of carbonyl (C=O) groups is 3. The van der Waals surface area contributed by atoms with Gasteiger partial charge in [0.1, 0.15) is 5.54 Å². The molecule has 2 aromatic carbocycles. The van der Waals surface area contributed by atoms with Gasteiger partial charge in [-0.15, -0.1) is 0 Å². The summed E-state index contributed by atoms with van der Waals surface area (Å²) in [5.74, 6) is -2.43. The summed E-state index contributed by atoms with van der Waals surface area (Å²) in [5, 5.41) is 4.18. The molecule has 3 fully saturated rings. The van der Waals surface area contributed by atoms with Crippen LogP contribution in [0.5, 0.6) is 0 Å². The summed E-state index contributed by atoms with van der Waals surface area (Å²) in [6.07, 6.45) is 1.61. The van der Waals surface area contributed by atoms with Gasteiger partial charge in [0.15, 0.2) is 0 Å². The third-order valence-electron chi connectivity index (χ3n) is 7.47. The largest absolute Gasteiger partial charge is 0.324 e. The lowest BCUT2D eigenvalue weighted by Crippen LogP contribution is -2.54. The molecular weight excluding hydrogens is 473 g/mol. The molecule has 6 nitrogen and oxygen atoms in total. The highest BCUT2D eigenvalue weighted by atomic mass is 35.5. The standard InChI is InChI=1S/C23H18Cl3N3O3/c1-10-15(26)5-4-14-19(10)27-22(32)23(14)18-17(16-3-2-6-28(16)23)20(30)29(21(18)31)13-8-11(24)7-12(25)9-13/h4-5,7-9,16-18H,2-3,6H2,1H3,(H,27,32). The number of anilines is 2. The van der Waals surface area contributed by atoms with Crippen molar-refractivity contribution in [3.05, 3.63) is 56.5 Å². The maximum absolute atomic E-state index is 13.9. The highest BCUT2D eigenvalue weighted by Crippen LogP contribution is 2.61. The lowest BCUT2D eigenvalue weighted by Gasteiger charge is -2.36. The lowest BCUT2D eigenvalue weighted by molar-refractivity contribution is -0.135. The number of imide groups is 1. The molecule has 4 aliphatic heterocycles. The van der Waals surface area contributed by atoms with Crippen LogP contribution < -0.4 is 10.2 Å². The molecule has 0 radical (unpaired) electrons. The number of carbonyl (C=O) groups excluding carboxylic acids is 3. The van der Waals surface area contributed by atoms with E-state index in [9.17, 15) is 14.4 Å². The average Bonchev–Trinajstić information content (AvgIpc) is 3.43. The predicted molar refractivity (Wildman–Crippen MR) is 122 cm³/mol. The molecule has 1 N–H and O–H groups in total. The summed E-state index contributed by atoms with van der Waals surface area (Å²) >= 11 is 18.6. The van der Waals surface area contributed by atoms with Gasteiger partial charge in [0, 0.05) is 26.7 Å². The van der Waals surface area contributed by atoms with Crippen LogP contribution in [-0.4, -0.2) is 35.2 Å². The molecule has 32 heavy (non-hydrogen) atoms. The van der Waals surface area contributed by atoms with E-state index < -0.39 is 23.3 Å². The van der Waals surface area contributed by atoms with E-state index in [0.29, 0.717) is 33.0 Å². The molecule has 1 spiro atoms. The minimum Gasteiger partial charge on any atom is -0.324 e. The number of nitrogens with zero attached hydrogens (tertiary/aromatic N) is 2. The van der Waals surface area contributed by atoms with Crippen molar-refractivity contribution in [3.63, 3.8) is 0 Å². The number of rotatable bonds is 1. The van der Waals surface area contributed by atoms with Gasteiger partial charge in [0.05, 0.1) is 23.2 Å². The maximum atomic E-state index is 13.9. The van der Waals surface area contributed by atoms with Crippen molar-refractivity contribution >= 4 is 63.9 Å². The summed E-state index contributed by atoms with van der Waals surface area (Å²) in [7, 11) is 0. The quantitative estimate of drug-likeness (QED) is 0.602. The fourth-order valence-corrected chi connectivity index (χ4v) is 6.99. The Morgan fingerprint density at radius 2 is 1.75 bits per heavy atom. The van der Waals surface area contributed by atoms with Crippen molar-refractivity contribution in [2.75, 3.05) is 16.8 Å². The molecule has 3 saturated heterocycles. The molecule has 0 bridgehead atoms. The van der Waals surface area contributed by atoms with Gasteiger partial charge in [-0.25, -0.2) is 4.90 Å². The van der Waals surface area contributed by atoms with Gasteiger partial charge in [0.2, 0.25) is 17.7 Å². The highest BCUT2D eigenvalue weighted by Gasteiger charge is 2.74. The summed E-state index contributed by atoms with van der Waals surface area (Å²) in [6, 6.07) is 8.03. The molecule has 164 valence electrons. The highest BCUT2D eigenvalue weighted by molar-refractivity contribution is 6.36. The number of fused-ring (bicyclic) bond motifs is 7. The Bertz CT molecular complexity index is 1230. The fraction of sp³-hybridized carbons (Fsp3) is 0.348. The molecule has 9 heteroatoms. The van der Waals surface area contributed by atoms with Crippen molar-refractivity contribution in [3.8, 4) is 0 Å². The molecule has 4 aliphatic rings. The molecule has 4 heterocycles. The van der Waals surface area contributed by atoms with E-state index in [1.165, 1.54) is 4.90 Å². The molecule has 0 aliphatic carbocycles. The Balaban J connectivity index is 1.57. The van der Waals surface area contributed by atoms with Gasteiger partial charge in [0.25, 0.3) is 0 Å². The first kappa shape index (κ1) is 20.5. The first-order valence-electron chi connectivity index (χ1n) is 10.5. The van der Waals surface area contributed by atoms with Crippen LogP contribution in [0.3, 0.4) is 0 Å². The summed E-state index contributed by atoms with van der Waals surface area (Å²) in [5.41, 5.74) is 1.20. The smallest absolute Gasteiger partial charge is 0.250 e. The van der Waals surface area contributed by atoms with Gasteiger partial charge in [-0.3, -0.25) is 19.3 Å². The normalized spacial score (nSPS) is 30.8. The van der Waals surface area contributed by atoms with E-state index in [0.717, 1.165) is 24.0 Å². The monoisotopic (exact) mass is 489 g/mol. The van der Waals surface area contributed by atoms with Crippen LogP contribution >= 0.6 is 34.8 Å². The second kappa shape index (κ2) is 6.70. The molecule has 6 rings (SSSR count). The van der Waals surface area contributed by atoms with Gasteiger partial charge in [-0.2, -0.15) is 0 Å².